The van der Waals surface area contributed by atoms with Gasteiger partial charge in [0.05, 0.1) is 27.9 Å². The molecule has 0 amide bonds. The van der Waals surface area contributed by atoms with Gasteiger partial charge in [-0.25, -0.2) is 14.8 Å². The maximum Gasteiger partial charge on any atom is 0.416 e. The number of nitrogens with zero attached hydrogens (tertiary/aromatic N) is 4. The van der Waals surface area contributed by atoms with Gasteiger partial charge in [-0.1, -0.05) is 0 Å². The van der Waals surface area contributed by atoms with Crippen LogP contribution in [0.25, 0.3) is 22.4 Å². The summed E-state index contributed by atoms with van der Waals surface area (Å²) in [6.07, 6.45) is 0.124. The quantitative estimate of drug-likeness (QED) is 0.432. The maximum absolute atomic E-state index is 13.0. The fourth-order valence-electron chi connectivity index (χ4n) is 4.68. The second-order valence-corrected chi connectivity index (χ2v) is 8.49. The number of imidazole rings is 1. The van der Waals surface area contributed by atoms with Crippen molar-refractivity contribution in [3.05, 3.63) is 71.7 Å². The van der Waals surface area contributed by atoms with Crippen LogP contribution in [0.5, 0.6) is 0 Å². The summed E-state index contributed by atoms with van der Waals surface area (Å²) < 4.78 is 44.7. The van der Waals surface area contributed by atoms with Crippen LogP contribution in [0, 0.1) is 0 Å². The first kappa shape index (κ1) is 20.6. The van der Waals surface area contributed by atoms with E-state index in [2.05, 4.69) is 24.8 Å². The second-order valence-electron chi connectivity index (χ2n) is 8.49. The van der Waals surface area contributed by atoms with Gasteiger partial charge < -0.3 is 14.6 Å². The van der Waals surface area contributed by atoms with Crippen LogP contribution >= 0.6 is 0 Å². The number of carbonyl (C=O) groups is 1. The zero-order chi connectivity index (χ0) is 23.5. The van der Waals surface area contributed by atoms with Crippen molar-refractivity contribution in [3.63, 3.8) is 0 Å². The van der Waals surface area contributed by atoms with Crippen LogP contribution in [-0.2, 0) is 16.5 Å². The standard InChI is InChI=1S/C24H18F3N5O2/c25-24(26,27)15-4-5-17-18(12-15)31-21(30-17)14-3-6-19(29-13-14)32-10-7-23(8-11-32)20-16(22(33)34-23)2-1-9-28-20/h1-6,9,12-13H,7-8,10-11H2,(H,30,31). The van der Waals surface area contributed by atoms with Crippen molar-refractivity contribution >= 4 is 22.8 Å². The Morgan fingerprint density at radius 2 is 1.88 bits per heavy atom. The summed E-state index contributed by atoms with van der Waals surface area (Å²) in [6, 6.07) is 10.6. The van der Waals surface area contributed by atoms with Gasteiger partial charge in [0.15, 0.2) is 5.60 Å². The highest BCUT2D eigenvalue weighted by Crippen LogP contribution is 2.43. The van der Waals surface area contributed by atoms with Gasteiger partial charge >= 0.3 is 12.1 Å². The Morgan fingerprint density at radius 3 is 2.62 bits per heavy atom. The van der Waals surface area contributed by atoms with Crippen LogP contribution < -0.4 is 4.90 Å². The average molecular weight is 465 g/mol. The molecule has 6 rings (SSSR count). The minimum absolute atomic E-state index is 0.246. The zero-order valence-electron chi connectivity index (χ0n) is 17.8. The number of hydrogen-bond donors (Lipinski definition) is 1. The van der Waals surface area contributed by atoms with E-state index in [4.69, 9.17) is 4.74 Å². The second kappa shape index (κ2) is 7.28. The smallest absolute Gasteiger partial charge is 0.416 e. The van der Waals surface area contributed by atoms with E-state index in [-0.39, 0.29) is 11.5 Å². The first-order valence-electron chi connectivity index (χ1n) is 10.8. The molecule has 1 spiro atoms. The lowest BCUT2D eigenvalue weighted by atomic mass is 9.87. The molecule has 1 N–H and O–H groups in total. The molecule has 4 aromatic rings. The Hall–Kier alpha value is -3.95. The van der Waals surface area contributed by atoms with Crippen molar-refractivity contribution in [2.75, 3.05) is 18.0 Å². The zero-order valence-corrected chi connectivity index (χ0v) is 17.8. The molecule has 3 aromatic heterocycles. The molecule has 0 radical (unpaired) electrons. The molecule has 5 heterocycles. The normalized spacial score (nSPS) is 17.3. The monoisotopic (exact) mass is 465 g/mol. The van der Waals surface area contributed by atoms with E-state index in [1.165, 1.54) is 6.07 Å². The van der Waals surface area contributed by atoms with E-state index in [1.807, 2.05) is 12.1 Å². The first-order chi connectivity index (χ1) is 16.3. The van der Waals surface area contributed by atoms with E-state index in [9.17, 15) is 18.0 Å². The topological polar surface area (TPSA) is 84.0 Å². The van der Waals surface area contributed by atoms with Crippen LogP contribution in [-0.4, -0.2) is 39.0 Å². The Balaban J connectivity index is 1.20. The van der Waals surface area contributed by atoms with Crippen molar-refractivity contribution < 1.29 is 22.7 Å². The van der Waals surface area contributed by atoms with Gasteiger partial charge in [0.2, 0.25) is 0 Å². The number of carbonyl (C=O) groups excluding carboxylic acids is 1. The lowest BCUT2D eigenvalue weighted by Gasteiger charge is -2.38. The number of anilines is 1. The third-order valence-corrected chi connectivity index (χ3v) is 6.47. The number of piperidine rings is 1. The molecule has 1 aromatic carbocycles. The van der Waals surface area contributed by atoms with Gasteiger partial charge in [-0.05, 0) is 42.5 Å². The molecular formula is C24H18F3N5O2. The van der Waals surface area contributed by atoms with Crippen LogP contribution in [0.3, 0.4) is 0 Å². The average Bonchev–Trinajstić information content (AvgIpc) is 3.38. The van der Waals surface area contributed by atoms with Gasteiger partial charge in [-0.15, -0.1) is 0 Å². The number of benzene rings is 1. The van der Waals surface area contributed by atoms with Crippen LogP contribution in [0.15, 0.2) is 54.9 Å². The largest absolute Gasteiger partial charge is 0.449 e. The molecule has 172 valence electrons. The molecule has 7 nitrogen and oxygen atoms in total. The number of esters is 1. The first-order valence-corrected chi connectivity index (χ1v) is 10.8. The molecule has 34 heavy (non-hydrogen) atoms. The highest BCUT2D eigenvalue weighted by atomic mass is 19.4. The molecule has 0 saturated carbocycles. The van der Waals surface area contributed by atoms with E-state index in [1.54, 1.807) is 24.5 Å². The molecule has 0 atom stereocenters. The summed E-state index contributed by atoms with van der Waals surface area (Å²) in [7, 11) is 0. The number of H-pyrrole nitrogens is 1. The molecule has 0 bridgehead atoms. The number of rotatable bonds is 2. The fourth-order valence-corrected chi connectivity index (χ4v) is 4.68. The lowest BCUT2D eigenvalue weighted by Crippen LogP contribution is -2.43. The molecule has 0 unspecified atom stereocenters. The minimum atomic E-state index is -4.42. The van der Waals surface area contributed by atoms with Crippen LogP contribution in [0.2, 0.25) is 0 Å². The fraction of sp³-hybridized carbons (Fsp3) is 0.250. The SMILES string of the molecule is O=C1OC2(CCN(c3ccc(-c4nc5cc(C(F)(F)F)ccc5[nH]4)cn3)CC2)c2ncccc21. The van der Waals surface area contributed by atoms with Crippen LogP contribution in [0.1, 0.15) is 34.5 Å². The summed E-state index contributed by atoms with van der Waals surface area (Å²) in [5, 5.41) is 0. The Bertz CT molecular complexity index is 1410. The van der Waals surface area contributed by atoms with Gasteiger partial charge in [0, 0.05) is 43.9 Å². The van der Waals surface area contributed by atoms with Crippen molar-refractivity contribution in [2.45, 2.75) is 24.6 Å². The van der Waals surface area contributed by atoms with Gasteiger partial charge in [-0.2, -0.15) is 13.2 Å². The number of fused-ring (bicyclic) bond motifs is 3. The van der Waals surface area contributed by atoms with Crippen molar-refractivity contribution in [1.29, 1.82) is 0 Å². The minimum Gasteiger partial charge on any atom is -0.449 e. The molecule has 2 aliphatic rings. The number of aromatic amines is 1. The third-order valence-electron chi connectivity index (χ3n) is 6.47. The van der Waals surface area contributed by atoms with Crippen molar-refractivity contribution in [1.82, 2.24) is 19.9 Å². The van der Waals surface area contributed by atoms with Gasteiger partial charge in [-0.3, -0.25) is 4.98 Å². The predicted molar refractivity (Wildman–Crippen MR) is 117 cm³/mol. The van der Waals surface area contributed by atoms with Gasteiger partial charge in [0.1, 0.15) is 11.6 Å². The molecule has 2 aliphatic heterocycles. The third kappa shape index (κ3) is 3.28. The number of alkyl halides is 3. The van der Waals surface area contributed by atoms with E-state index >= 15 is 0 Å². The number of nitrogens with one attached hydrogen (secondary N) is 1. The van der Waals surface area contributed by atoms with Crippen molar-refractivity contribution in [2.24, 2.45) is 0 Å². The molecule has 0 aliphatic carbocycles. The molecular weight excluding hydrogens is 447 g/mol. The van der Waals surface area contributed by atoms with Crippen molar-refractivity contribution in [3.8, 4) is 11.4 Å². The maximum atomic E-state index is 13.0. The van der Waals surface area contributed by atoms with E-state index in [0.29, 0.717) is 54.1 Å². The summed E-state index contributed by atoms with van der Waals surface area (Å²) >= 11 is 0. The predicted octanol–water partition coefficient (Wildman–Crippen LogP) is 4.70. The van der Waals surface area contributed by atoms with E-state index < -0.39 is 17.3 Å². The number of hydrogen-bond acceptors (Lipinski definition) is 6. The summed E-state index contributed by atoms with van der Waals surface area (Å²) in [5.74, 6) is 0.887. The molecule has 1 fully saturated rings. The van der Waals surface area contributed by atoms with Crippen LogP contribution in [0.4, 0.5) is 19.0 Å². The highest BCUT2D eigenvalue weighted by Gasteiger charge is 2.48. The summed E-state index contributed by atoms with van der Waals surface area (Å²) in [6.45, 7) is 1.28. The molecule has 10 heteroatoms. The number of ether oxygens (including phenoxy) is 1. The Morgan fingerprint density at radius 1 is 1.06 bits per heavy atom. The molecule has 1 saturated heterocycles. The lowest BCUT2D eigenvalue weighted by molar-refractivity contribution is -0.137. The number of halogens is 3. The Kier molecular flexibility index (Phi) is 4.42. The van der Waals surface area contributed by atoms with Gasteiger partial charge in [0.25, 0.3) is 0 Å². The Labute approximate surface area is 191 Å². The summed E-state index contributed by atoms with van der Waals surface area (Å²) in [4.78, 5) is 30.7. The summed E-state index contributed by atoms with van der Waals surface area (Å²) in [5.41, 5.74) is 1.26. The number of aromatic nitrogens is 4. The number of pyridine rings is 2. The highest BCUT2D eigenvalue weighted by molar-refractivity contribution is 5.94. The van der Waals surface area contributed by atoms with E-state index in [0.717, 1.165) is 18.0 Å².